The summed E-state index contributed by atoms with van der Waals surface area (Å²) in [5, 5.41) is 0.646. The van der Waals surface area contributed by atoms with Crippen LogP contribution in [0.25, 0.3) is 22.6 Å². The van der Waals surface area contributed by atoms with Gasteiger partial charge in [-0.25, -0.2) is 4.98 Å². The number of oxazole rings is 1. The second-order valence-corrected chi connectivity index (χ2v) is 4.90. The fourth-order valence-corrected chi connectivity index (χ4v) is 2.26. The summed E-state index contributed by atoms with van der Waals surface area (Å²) in [6, 6.07) is 13.2. The first kappa shape index (κ1) is 10.8. The molecule has 3 rings (SSSR count). The van der Waals surface area contributed by atoms with Gasteiger partial charge in [0.1, 0.15) is 5.52 Å². The van der Waals surface area contributed by atoms with E-state index >= 15 is 0 Å². The van der Waals surface area contributed by atoms with Crippen molar-refractivity contribution >= 4 is 38.6 Å². The number of hydrogen-bond acceptors (Lipinski definition) is 2. The van der Waals surface area contributed by atoms with Crippen LogP contribution in [0.1, 0.15) is 0 Å². The van der Waals surface area contributed by atoms with Crippen LogP contribution < -0.4 is 0 Å². The number of aromatic nitrogens is 1. The van der Waals surface area contributed by atoms with Crippen LogP contribution in [0.4, 0.5) is 0 Å². The largest absolute Gasteiger partial charge is 0.436 e. The highest BCUT2D eigenvalue weighted by Crippen LogP contribution is 2.30. The van der Waals surface area contributed by atoms with Gasteiger partial charge in [0.2, 0.25) is 5.89 Å². The third kappa shape index (κ3) is 1.96. The highest BCUT2D eigenvalue weighted by atomic mass is 79.9. The zero-order valence-electron chi connectivity index (χ0n) is 8.65. The van der Waals surface area contributed by atoms with E-state index in [0.717, 1.165) is 15.6 Å². The zero-order valence-corrected chi connectivity index (χ0v) is 11.0. The number of fused-ring (bicyclic) bond motifs is 1. The molecule has 84 valence electrons. The Morgan fingerprint density at radius 3 is 2.76 bits per heavy atom. The molecule has 0 aliphatic heterocycles. The predicted octanol–water partition coefficient (Wildman–Crippen LogP) is 4.91. The molecule has 2 aromatic carbocycles. The summed E-state index contributed by atoms with van der Waals surface area (Å²) >= 11 is 9.39. The van der Waals surface area contributed by atoms with Gasteiger partial charge in [-0.3, -0.25) is 0 Å². The molecule has 0 atom stereocenters. The minimum absolute atomic E-state index is 0.592. The second-order valence-electron chi connectivity index (χ2n) is 3.61. The van der Waals surface area contributed by atoms with E-state index in [9.17, 15) is 0 Å². The molecule has 0 saturated heterocycles. The highest BCUT2D eigenvalue weighted by molar-refractivity contribution is 9.10. The van der Waals surface area contributed by atoms with Gasteiger partial charge in [-0.1, -0.05) is 23.7 Å². The van der Waals surface area contributed by atoms with Crippen molar-refractivity contribution in [3.8, 4) is 11.5 Å². The van der Waals surface area contributed by atoms with Crippen molar-refractivity contribution in [2.75, 3.05) is 0 Å². The smallest absolute Gasteiger partial charge is 0.228 e. The van der Waals surface area contributed by atoms with E-state index in [-0.39, 0.29) is 0 Å². The lowest BCUT2D eigenvalue weighted by molar-refractivity contribution is 0.619. The van der Waals surface area contributed by atoms with E-state index in [2.05, 4.69) is 20.9 Å². The molecule has 0 amide bonds. The van der Waals surface area contributed by atoms with Gasteiger partial charge in [0.25, 0.3) is 0 Å². The first-order valence-electron chi connectivity index (χ1n) is 5.05. The number of hydrogen-bond donors (Lipinski definition) is 0. The Hall–Kier alpha value is -1.32. The minimum atomic E-state index is 0.592. The summed E-state index contributed by atoms with van der Waals surface area (Å²) in [7, 11) is 0. The molecule has 3 aromatic rings. The molecule has 0 N–H and O–H groups in total. The Kier molecular flexibility index (Phi) is 2.65. The van der Waals surface area contributed by atoms with E-state index in [0.29, 0.717) is 16.5 Å². The fourth-order valence-electron chi connectivity index (χ4n) is 1.65. The van der Waals surface area contributed by atoms with Crippen LogP contribution in [0.2, 0.25) is 5.02 Å². The molecule has 0 spiro atoms. The summed E-state index contributed by atoms with van der Waals surface area (Å²) < 4.78 is 6.65. The molecule has 0 radical (unpaired) electrons. The first-order chi connectivity index (χ1) is 8.24. The second kappa shape index (κ2) is 4.17. The first-order valence-corrected chi connectivity index (χ1v) is 6.22. The van der Waals surface area contributed by atoms with Crippen molar-refractivity contribution in [1.29, 1.82) is 0 Å². The number of benzene rings is 2. The maximum absolute atomic E-state index is 5.91. The molecule has 4 heteroatoms. The molecule has 1 heterocycles. The highest BCUT2D eigenvalue weighted by Gasteiger charge is 2.10. The van der Waals surface area contributed by atoms with E-state index in [1.807, 2.05) is 30.3 Å². The number of halogens is 2. The maximum Gasteiger partial charge on any atom is 0.228 e. The molecule has 0 unspecified atom stereocenters. The summed E-state index contributed by atoms with van der Waals surface area (Å²) in [4.78, 5) is 4.43. The van der Waals surface area contributed by atoms with Crippen LogP contribution in [0.5, 0.6) is 0 Å². The average molecular weight is 309 g/mol. The topological polar surface area (TPSA) is 26.0 Å². The van der Waals surface area contributed by atoms with E-state index in [1.165, 1.54) is 0 Å². The Balaban J connectivity index is 2.22. The maximum atomic E-state index is 5.91. The molecule has 2 nitrogen and oxygen atoms in total. The minimum Gasteiger partial charge on any atom is -0.436 e. The van der Waals surface area contributed by atoms with Gasteiger partial charge >= 0.3 is 0 Å². The van der Waals surface area contributed by atoms with Crippen molar-refractivity contribution in [2.24, 2.45) is 0 Å². The normalized spacial score (nSPS) is 10.9. The summed E-state index contributed by atoms with van der Waals surface area (Å²) in [6.45, 7) is 0. The Morgan fingerprint density at radius 2 is 1.94 bits per heavy atom. The average Bonchev–Trinajstić information content (AvgIpc) is 2.72. The number of nitrogens with zero attached hydrogens (tertiary/aromatic N) is 1. The van der Waals surface area contributed by atoms with Gasteiger partial charge in [-0.05, 0) is 40.2 Å². The van der Waals surface area contributed by atoms with Crippen LogP contribution in [0.15, 0.2) is 51.4 Å². The number of rotatable bonds is 1. The molecule has 0 saturated carbocycles. The predicted molar refractivity (Wildman–Crippen MR) is 72.2 cm³/mol. The van der Waals surface area contributed by atoms with E-state index < -0.39 is 0 Å². The van der Waals surface area contributed by atoms with Gasteiger partial charge in [-0.15, -0.1) is 0 Å². The summed E-state index contributed by atoms with van der Waals surface area (Å²) in [6.07, 6.45) is 0. The molecule has 17 heavy (non-hydrogen) atoms. The molecular formula is C13H7BrClNO. The standard InChI is InChI=1S/C13H7BrClNO/c14-10-4-2-1-3-9(10)13-16-11-6-5-8(15)7-12(11)17-13/h1-7H. The van der Waals surface area contributed by atoms with Crippen LogP contribution in [0, 0.1) is 0 Å². The molecule has 1 aromatic heterocycles. The van der Waals surface area contributed by atoms with Crippen LogP contribution in [-0.4, -0.2) is 4.98 Å². The van der Waals surface area contributed by atoms with Gasteiger partial charge in [0.05, 0.1) is 5.56 Å². The van der Waals surface area contributed by atoms with E-state index in [4.69, 9.17) is 16.0 Å². The molecule has 0 fully saturated rings. The lowest BCUT2D eigenvalue weighted by Crippen LogP contribution is -1.77. The quantitative estimate of drug-likeness (QED) is 0.638. The van der Waals surface area contributed by atoms with Gasteiger partial charge < -0.3 is 4.42 Å². The summed E-state index contributed by atoms with van der Waals surface area (Å²) in [5.74, 6) is 0.592. The lowest BCUT2D eigenvalue weighted by Gasteiger charge is -1.97. The third-order valence-corrected chi connectivity index (χ3v) is 3.38. The van der Waals surface area contributed by atoms with Gasteiger partial charge in [0.15, 0.2) is 5.58 Å². The lowest BCUT2D eigenvalue weighted by atomic mass is 10.2. The monoisotopic (exact) mass is 307 g/mol. The molecule has 0 bridgehead atoms. The van der Waals surface area contributed by atoms with Crippen molar-refractivity contribution in [1.82, 2.24) is 4.98 Å². The van der Waals surface area contributed by atoms with Crippen LogP contribution in [-0.2, 0) is 0 Å². The van der Waals surface area contributed by atoms with Gasteiger partial charge in [0, 0.05) is 15.6 Å². The van der Waals surface area contributed by atoms with Crippen molar-refractivity contribution in [2.45, 2.75) is 0 Å². The van der Waals surface area contributed by atoms with E-state index in [1.54, 1.807) is 12.1 Å². The van der Waals surface area contributed by atoms with Crippen LogP contribution >= 0.6 is 27.5 Å². The Bertz CT molecular complexity index is 693. The molecule has 0 aliphatic rings. The van der Waals surface area contributed by atoms with Crippen molar-refractivity contribution in [3.05, 3.63) is 52.0 Å². The zero-order chi connectivity index (χ0) is 11.8. The van der Waals surface area contributed by atoms with Gasteiger partial charge in [-0.2, -0.15) is 0 Å². The molecule has 0 aliphatic carbocycles. The molecular weight excluding hydrogens is 302 g/mol. The van der Waals surface area contributed by atoms with Crippen LogP contribution in [0.3, 0.4) is 0 Å². The summed E-state index contributed by atoms with van der Waals surface area (Å²) in [5.41, 5.74) is 2.43. The Morgan fingerprint density at radius 1 is 1.12 bits per heavy atom. The Labute approximate surface area is 111 Å². The fraction of sp³-hybridized carbons (Fsp3) is 0. The SMILES string of the molecule is Clc1ccc2nc(-c3ccccc3Br)oc2c1. The van der Waals surface area contributed by atoms with Crippen molar-refractivity contribution in [3.63, 3.8) is 0 Å². The third-order valence-electron chi connectivity index (χ3n) is 2.45. The van der Waals surface area contributed by atoms with Crippen molar-refractivity contribution < 1.29 is 4.42 Å².